The van der Waals surface area contributed by atoms with Crippen molar-refractivity contribution < 1.29 is 4.42 Å². The molecule has 6 nitrogen and oxygen atoms in total. The van der Waals surface area contributed by atoms with Gasteiger partial charge in [-0.05, 0) is 47.5 Å². The summed E-state index contributed by atoms with van der Waals surface area (Å²) < 4.78 is 6.78. The molecule has 258 valence electrons. The minimum absolute atomic E-state index is 0.699. The molecule has 55 heavy (non-hydrogen) atoms. The van der Waals surface area contributed by atoms with Crippen molar-refractivity contribution in [1.82, 2.24) is 24.9 Å². The summed E-state index contributed by atoms with van der Waals surface area (Å²) in [6.07, 6.45) is 7.23. The van der Waals surface area contributed by atoms with Gasteiger partial charge in [0, 0.05) is 68.9 Å². The summed E-state index contributed by atoms with van der Waals surface area (Å²) in [7, 11) is 0. The smallest absolute Gasteiger partial charge is 0.160 e. The van der Waals surface area contributed by atoms with Gasteiger partial charge in [-0.2, -0.15) is 0 Å². The first-order valence-electron chi connectivity index (χ1n) is 18.1. The van der Waals surface area contributed by atoms with Crippen molar-refractivity contribution >= 4 is 21.7 Å². The van der Waals surface area contributed by atoms with E-state index < -0.39 is 0 Å². The second-order valence-electron chi connectivity index (χ2n) is 13.3. The van der Waals surface area contributed by atoms with Crippen molar-refractivity contribution in [3.63, 3.8) is 0 Å². The van der Waals surface area contributed by atoms with E-state index in [2.05, 4.69) is 88.8 Å². The first kappa shape index (κ1) is 32.1. The number of pyridine rings is 3. The van der Waals surface area contributed by atoms with Gasteiger partial charge in [0.1, 0.15) is 11.5 Å². The topological polar surface area (TPSA) is 77.6 Å². The van der Waals surface area contributed by atoms with Crippen LogP contribution in [0.2, 0.25) is 0 Å². The molecule has 0 aliphatic heterocycles. The van der Waals surface area contributed by atoms with Crippen LogP contribution < -0.4 is 0 Å². The number of para-hydroxylation sites is 1. The molecule has 0 saturated carbocycles. The molecule has 0 N–H and O–H groups in total. The van der Waals surface area contributed by atoms with Gasteiger partial charge < -0.3 is 4.42 Å². The summed E-state index contributed by atoms with van der Waals surface area (Å²) in [5.41, 5.74) is 11.5. The summed E-state index contributed by atoms with van der Waals surface area (Å²) in [6, 6.07) is 55.8. The Morgan fingerprint density at radius 3 is 1.45 bits per heavy atom. The van der Waals surface area contributed by atoms with Crippen LogP contribution in [0.15, 0.2) is 193 Å². The molecule has 0 unspecified atom stereocenters. The van der Waals surface area contributed by atoms with E-state index >= 15 is 0 Å². The van der Waals surface area contributed by atoms with Crippen LogP contribution in [0.4, 0.5) is 0 Å². The average molecular weight is 706 g/mol. The average Bonchev–Trinajstić information content (AvgIpc) is 3.69. The quantitative estimate of drug-likeness (QED) is 0.164. The van der Waals surface area contributed by atoms with Crippen LogP contribution in [0.1, 0.15) is 0 Å². The Balaban J connectivity index is 1.05. The Morgan fingerprint density at radius 1 is 0.364 bits per heavy atom. The molecule has 0 atom stereocenters. The van der Waals surface area contributed by atoms with Gasteiger partial charge in [0.25, 0.3) is 0 Å². The largest absolute Gasteiger partial charge is 0.455 e. The number of hydrogen-bond donors (Lipinski definition) is 0. The second-order valence-corrected chi connectivity index (χ2v) is 13.3. The van der Waals surface area contributed by atoms with E-state index in [4.69, 9.17) is 19.4 Å². The first-order chi connectivity index (χ1) is 27.3. The predicted octanol–water partition coefficient (Wildman–Crippen LogP) is 12.2. The van der Waals surface area contributed by atoms with E-state index in [1.807, 2.05) is 97.3 Å². The lowest BCUT2D eigenvalue weighted by molar-refractivity contribution is 0.601. The lowest BCUT2D eigenvalue weighted by Crippen LogP contribution is -1.95. The van der Waals surface area contributed by atoms with Crippen molar-refractivity contribution in [3.8, 4) is 78.9 Å². The van der Waals surface area contributed by atoms with E-state index in [-0.39, 0.29) is 0 Å². The van der Waals surface area contributed by atoms with Crippen molar-refractivity contribution in [2.24, 2.45) is 0 Å². The van der Waals surface area contributed by atoms with Crippen molar-refractivity contribution in [2.75, 3.05) is 0 Å². The molecule has 10 aromatic rings. The van der Waals surface area contributed by atoms with E-state index in [9.17, 15) is 0 Å². The summed E-state index contributed by atoms with van der Waals surface area (Å²) in [4.78, 5) is 24.1. The fraction of sp³-hybridized carbons (Fsp3) is 0. The third kappa shape index (κ3) is 6.02. The monoisotopic (exact) mass is 705 g/mol. The molecule has 0 amide bonds. The number of benzene rings is 5. The third-order valence-corrected chi connectivity index (χ3v) is 9.90. The van der Waals surface area contributed by atoms with Gasteiger partial charge in [-0.1, -0.05) is 127 Å². The molecule has 5 aromatic carbocycles. The summed E-state index contributed by atoms with van der Waals surface area (Å²) in [5, 5.41) is 2.96. The van der Waals surface area contributed by atoms with Crippen LogP contribution in [0.5, 0.6) is 0 Å². The molecule has 0 fully saturated rings. The zero-order chi connectivity index (χ0) is 36.6. The molecule has 0 bridgehead atoms. The lowest BCUT2D eigenvalue weighted by Gasteiger charge is -2.11. The summed E-state index contributed by atoms with van der Waals surface area (Å²) in [6.45, 7) is 0. The number of aromatic nitrogens is 5. The van der Waals surface area contributed by atoms with Crippen LogP contribution in [0.25, 0.3) is 101 Å². The number of furan rings is 1. The highest BCUT2D eigenvalue weighted by Gasteiger charge is 2.24. The zero-order valence-electron chi connectivity index (χ0n) is 29.5. The SMILES string of the molecule is c1ccc(-c2cc(-c3ccc(-c4ccc(-c5nc6ccccc6c6c(-c7cccnc7)oc(-c7cccnc7)c56)cc4)cc3)nc(-c3ccccc3)n2)cc1. The maximum atomic E-state index is 6.78. The molecule has 0 aliphatic rings. The zero-order valence-corrected chi connectivity index (χ0v) is 29.5. The normalized spacial score (nSPS) is 11.3. The fourth-order valence-corrected chi connectivity index (χ4v) is 7.20. The molecule has 10 rings (SSSR count). The van der Waals surface area contributed by atoms with E-state index in [1.165, 1.54) is 0 Å². The van der Waals surface area contributed by atoms with Gasteiger partial charge in [-0.15, -0.1) is 0 Å². The fourth-order valence-electron chi connectivity index (χ4n) is 7.20. The second kappa shape index (κ2) is 13.8. The highest BCUT2D eigenvalue weighted by atomic mass is 16.3. The van der Waals surface area contributed by atoms with Gasteiger partial charge in [0.15, 0.2) is 5.82 Å². The summed E-state index contributed by atoms with van der Waals surface area (Å²) >= 11 is 0. The Bertz CT molecular complexity index is 2870. The van der Waals surface area contributed by atoms with E-state index in [0.717, 1.165) is 94.8 Å². The molecule has 0 saturated heterocycles. The highest BCUT2D eigenvalue weighted by Crippen LogP contribution is 2.46. The van der Waals surface area contributed by atoms with Gasteiger partial charge in [-0.25, -0.2) is 15.0 Å². The van der Waals surface area contributed by atoms with Crippen molar-refractivity contribution in [3.05, 3.63) is 189 Å². The van der Waals surface area contributed by atoms with Gasteiger partial charge in [-0.3, -0.25) is 9.97 Å². The van der Waals surface area contributed by atoms with Gasteiger partial charge in [0.05, 0.1) is 28.0 Å². The molecule has 0 aliphatic carbocycles. The molecular weight excluding hydrogens is 675 g/mol. The molecule has 5 aromatic heterocycles. The van der Waals surface area contributed by atoms with Crippen LogP contribution in [0.3, 0.4) is 0 Å². The van der Waals surface area contributed by atoms with Crippen LogP contribution in [-0.4, -0.2) is 24.9 Å². The molecule has 0 spiro atoms. The van der Waals surface area contributed by atoms with Gasteiger partial charge in [0.2, 0.25) is 0 Å². The van der Waals surface area contributed by atoms with Crippen molar-refractivity contribution in [1.29, 1.82) is 0 Å². The maximum Gasteiger partial charge on any atom is 0.160 e. The Labute approximate surface area is 317 Å². The number of rotatable bonds is 7. The van der Waals surface area contributed by atoms with E-state index in [0.29, 0.717) is 5.82 Å². The molecule has 5 heterocycles. The summed E-state index contributed by atoms with van der Waals surface area (Å²) in [5.74, 6) is 2.18. The number of nitrogens with zero attached hydrogens (tertiary/aromatic N) is 5. The van der Waals surface area contributed by atoms with Crippen LogP contribution in [-0.2, 0) is 0 Å². The standard InChI is InChI=1S/C49H31N5O/c1-3-11-34(12-4-1)42-29-43(54-49(53-42)37-13-5-2-6-14-37)35-23-19-32(20-24-35)33-21-25-36(26-22-33)46-45-44(40-17-7-8-18-41(40)52-46)47(38-15-9-27-50-30-38)55-48(45)39-16-10-28-51-31-39/h1-31H. The third-order valence-electron chi connectivity index (χ3n) is 9.90. The van der Waals surface area contributed by atoms with Crippen LogP contribution >= 0.6 is 0 Å². The predicted molar refractivity (Wildman–Crippen MR) is 221 cm³/mol. The molecular formula is C49H31N5O. The minimum atomic E-state index is 0.699. The Morgan fingerprint density at radius 2 is 0.855 bits per heavy atom. The molecule has 6 heteroatoms. The maximum absolute atomic E-state index is 6.78. The lowest BCUT2D eigenvalue weighted by atomic mass is 9.96. The Kier molecular flexibility index (Phi) is 8.04. The van der Waals surface area contributed by atoms with Crippen molar-refractivity contribution in [2.45, 2.75) is 0 Å². The van der Waals surface area contributed by atoms with E-state index in [1.54, 1.807) is 12.4 Å². The van der Waals surface area contributed by atoms with Crippen LogP contribution in [0, 0.1) is 0 Å². The minimum Gasteiger partial charge on any atom is -0.455 e. The van der Waals surface area contributed by atoms with Gasteiger partial charge >= 0.3 is 0 Å². The number of fused-ring (bicyclic) bond motifs is 3. The molecule has 0 radical (unpaired) electrons. The highest BCUT2D eigenvalue weighted by molar-refractivity contribution is 6.20. The Hall–Kier alpha value is -7.57. The number of hydrogen-bond acceptors (Lipinski definition) is 6. The first-order valence-corrected chi connectivity index (χ1v) is 18.1.